The first-order valence-corrected chi connectivity index (χ1v) is 36.3. The molecule has 1 fully saturated rings. The highest BCUT2D eigenvalue weighted by molar-refractivity contribution is 7.89. The number of aromatic amines is 1. The highest BCUT2D eigenvalue weighted by atomic mass is 32.2. The van der Waals surface area contributed by atoms with Gasteiger partial charge >= 0.3 is 59.7 Å². The minimum Gasteiger partial charge on any atom is -0.481 e. The molecule has 0 spiro atoms. The molecule has 4 aromatic rings. The first-order chi connectivity index (χ1) is 52.9. The van der Waals surface area contributed by atoms with Crippen molar-refractivity contribution >= 4 is 104 Å². The summed E-state index contributed by atoms with van der Waals surface area (Å²) in [6, 6.07) is 3.00. The van der Waals surface area contributed by atoms with Crippen LogP contribution in [0.15, 0.2) is 58.6 Å². The number of ether oxygens (including phenoxy) is 1. The number of H-pyrrole nitrogens is 1. The van der Waals surface area contributed by atoms with E-state index in [1.165, 1.54) is 12.3 Å². The largest absolute Gasteiger partial charge is 0.481 e. The third kappa shape index (κ3) is 34.5. The molecule has 46 heteroatoms. The smallest absolute Gasteiger partial charge is 0.458 e. The van der Waals surface area contributed by atoms with E-state index in [-0.39, 0.29) is 146 Å². The Morgan fingerprint density at radius 3 is 1.57 bits per heavy atom. The number of pyridine rings is 1. The molecule has 5 rings (SSSR count). The van der Waals surface area contributed by atoms with Gasteiger partial charge in [-0.05, 0) is 68.9 Å². The van der Waals surface area contributed by atoms with E-state index in [1.54, 1.807) is 81.6 Å². The van der Waals surface area contributed by atoms with Crippen LogP contribution in [0.5, 0.6) is 0 Å². The number of β-amino-alcohol motifs (C(OH)–C–C–N with tert-alkyl or cyclic N) is 1. The number of aliphatic carboxylic acids is 6. The van der Waals surface area contributed by atoms with Gasteiger partial charge in [-0.2, -0.15) is 31.1 Å². The van der Waals surface area contributed by atoms with Crippen LogP contribution in [0, 0.1) is 20.8 Å². The number of alkyl halides is 6. The summed E-state index contributed by atoms with van der Waals surface area (Å²) in [6.07, 6.45) is -10.0. The van der Waals surface area contributed by atoms with Crippen molar-refractivity contribution < 1.29 is 138 Å². The summed E-state index contributed by atoms with van der Waals surface area (Å²) in [7, 11) is -4.39. The number of carbonyl (C=O) groups excluding carboxylic acids is 7. The van der Waals surface area contributed by atoms with E-state index >= 15 is 0 Å². The van der Waals surface area contributed by atoms with E-state index in [4.69, 9.17) is 4.74 Å². The van der Waals surface area contributed by atoms with Gasteiger partial charge in [-0.25, -0.2) is 13.4 Å². The topological polar surface area (TPSA) is 567 Å². The van der Waals surface area contributed by atoms with E-state index < -0.39 is 162 Å². The second kappa shape index (κ2) is 45.8. The first-order valence-electron chi connectivity index (χ1n) is 34.8. The molecule has 3 heterocycles. The highest BCUT2D eigenvalue weighted by Crippen LogP contribution is 2.25. The molecular weight excluding hydrogens is 1540 g/mol. The van der Waals surface area contributed by atoms with Crippen LogP contribution in [0.2, 0.25) is 0 Å². The molecule has 5 amide bonds. The molecule has 39 nitrogen and oxygen atoms in total. The van der Waals surface area contributed by atoms with Crippen molar-refractivity contribution in [2.75, 3.05) is 123 Å². The fourth-order valence-corrected chi connectivity index (χ4v) is 12.9. The number of imidazole rings is 1. The molecule has 2 aromatic heterocycles. The number of ketones is 2. The Kier molecular flexibility index (Phi) is 38.4. The summed E-state index contributed by atoms with van der Waals surface area (Å²) in [5.74, 6) is -18.2. The number of amides is 5. The predicted octanol–water partition coefficient (Wildman–Crippen LogP) is -1.83. The van der Waals surface area contributed by atoms with Crippen LogP contribution < -0.4 is 47.4 Å². The van der Waals surface area contributed by atoms with Crippen LogP contribution in [0.25, 0.3) is 10.9 Å². The van der Waals surface area contributed by atoms with Crippen molar-refractivity contribution in [3.8, 4) is 0 Å². The number of fused-ring (bicyclic) bond motifs is 1. The summed E-state index contributed by atoms with van der Waals surface area (Å²) in [6.45, 7) is 4.53. The van der Waals surface area contributed by atoms with Crippen molar-refractivity contribution in [1.82, 2.24) is 70.8 Å². The van der Waals surface area contributed by atoms with Crippen molar-refractivity contribution in [2.24, 2.45) is 0 Å². The lowest BCUT2D eigenvalue weighted by atomic mass is 10.1. The molecule has 4 atom stereocenters. The van der Waals surface area contributed by atoms with Crippen LogP contribution >= 0.6 is 0 Å². The molecule has 16 N–H and O–H groups in total. The monoisotopic (exact) mass is 1640 g/mol. The second-order valence-electron chi connectivity index (χ2n) is 25.8. The average molecular weight is 1640 g/mol. The molecular formula is C67H91F6N15O24S. The number of rotatable bonds is 43. The Labute approximate surface area is 640 Å². The fraction of sp³-hybridized carbons (Fsp3) is 0.537. The van der Waals surface area contributed by atoms with Crippen LogP contribution in [-0.2, 0) is 85.4 Å². The minimum atomic E-state index is -5.77. The summed E-state index contributed by atoms with van der Waals surface area (Å²) >= 11 is 0. The van der Waals surface area contributed by atoms with Crippen LogP contribution in [-0.4, -0.2) is 310 Å². The van der Waals surface area contributed by atoms with Gasteiger partial charge in [0.05, 0.1) is 48.9 Å². The van der Waals surface area contributed by atoms with Gasteiger partial charge in [-0.15, -0.1) is 0 Å². The quantitative estimate of drug-likeness (QED) is 0.0100. The highest BCUT2D eigenvalue weighted by Gasteiger charge is 2.54. The van der Waals surface area contributed by atoms with Gasteiger partial charge in [0.1, 0.15) is 23.9 Å². The molecule has 1 saturated heterocycles. The normalized spacial score (nSPS) is 14.7. The number of aryl methyl sites for hydroxylation is 4. The summed E-state index contributed by atoms with van der Waals surface area (Å²) in [5, 5.41) is 87.4. The Morgan fingerprint density at radius 2 is 1.10 bits per heavy atom. The summed E-state index contributed by atoms with van der Waals surface area (Å²) in [5.41, 5.74) is 1.71. The summed E-state index contributed by atoms with van der Waals surface area (Å²) < 4.78 is 103. The lowest BCUT2D eigenvalue weighted by Gasteiger charge is -2.34. The maximum Gasteiger partial charge on any atom is 0.458 e. The predicted molar refractivity (Wildman–Crippen MR) is 382 cm³/mol. The summed E-state index contributed by atoms with van der Waals surface area (Å²) in [4.78, 5) is 183. The first kappa shape index (κ1) is 94.8. The van der Waals surface area contributed by atoms with E-state index in [0.717, 1.165) is 11.1 Å². The molecule has 626 valence electrons. The number of anilines is 1. The van der Waals surface area contributed by atoms with Gasteiger partial charge in [0.25, 0.3) is 5.91 Å². The van der Waals surface area contributed by atoms with Gasteiger partial charge in [-0.3, -0.25) is 92.0 Å². The zero-order chi connectivity index (χ0) is 84.5. The van der Waals surface area contributed by atoms with Crippen LogP contribution in [0.4, 0.5) is 32.3 Å². The molecule has 0 aliphatic carbocycles. The third-order valence-corrected chi connectivity index (χ3v) is 18.3. The molecule has 2 aromatic carbocycles. The third-order valence-electron chi connectivity index (χ3n) is 16.6. The zero-order valence-corrected chi connectivity index (χ0v) is 62.3. The number of nitrogens with zero attached hydrogens (tertiary/aromatic N) is 6. The van der Waals surface area contributed by atoms with Crippen LogP contribution in [0.1, 0.15) is 77.6 Å². The molecule has 1 unspecified atom stereocenters. The lowest BCUT2D eigenvalue weighted by molar-refractivity contribution is -0.193. The zero-order valence-electron chi connectivity index (χ0n) is 61.5. The number of sulfonamides is 1. The number of nitrogens with one attached hydrogen (secondary N) is 9. The van der Waals surface area contributed by atoms with Gasteiger partial charge in [0.2, 0.25) is 39.1 Å². The molecule has 1 aliphatic heterocycles. The van der Waals surface area contributed by atoms with E-state index in [2.05, 4.69) is 51.9 Å². The molecule has 1 aliphatic rings. The maximum atomic E-state index is 13.9. The second-order valence-corrected chi connectivity index (χ2v) is 27.4. The van der Waals surface area contributed by atoms with Crippen molar-refractivity contribution in [1.29, 1.82) is 0 Å². The standard InChI is InChI=1S/C63H91N15O22S.C4F6O2/c1-39-27-40(2)58(41(3)28-39)101(98,99)73-47(62(96)97)33-69-59(93)44-34-78(48-29-42(7-8-43(48)57(44)92)32-70-63-67-14-15-68-63)16-4-11-64-49(79)9-10-50(80)65-12-5-25-100-26-6-13-66-60(94)45(30-52(82)83)72-61(95)46(31-53(84)85)71-51(81)35-74-17-19-75(36-54(86)87)21-23-77(38-56(90)91)24-22-76(20-18-74)37-55(88)89;5-3(6,7)1(11)2(12)4(8,9)10/h7-8,14-15,27-29,34,45-47,51,71,73,81H,4-6,9-13,16-26,30-33,35-38H2,1-3H3,(H,64,79)(H,65,80)(H,66,94)(H,69,93)(H,72,95)(H,82,83)(H,84,85)(H,86,87)(H,88,89)(H,90,91)(H,96,97)(H2,67,68,70);/t45-,46-,47+,51?;/m1./s1. The number of aromatic nitrogens is 3. The molecule has 0 saturated carbocycles. The van der Waals surface area contributed by atoms with Gasteiger partial charge in [-0.1, -0.05) is 23.8 Å². The average Bonchev–Trinajstić information content (AvgIpc) is 0.789. The lowest BCUT2D eigenvalue weighted by Crippen LogP contribution is -2.57. The SMILES string of the molecule is Cc1cc(C)c(S(=O)(=O)N[C@@H](CNC(=O)c2cn(CCCNC(=O)CCC(=O)NCCCOCCCNC(=O)[C@@H](CC(=O)O)NC(=O)[C@@H](CC(=O)O)NC(O)CN3CCN(CC(=O)O)CCN(CC(=O)O)CCN(CC(=O)O)CC3)c3cc(CNc4ncc[nH]4)ccc3c2=O)C(=O)O)c(C)c1.O=C(C(=O)C(F)(F)F)C(F)(F)F. The maximum absolute atomic E-state index is 13.9. The molecule has 113 heavy (non-hydrogen) atoms. The fourth-order valence-electron chi connectivity index (χ4n) is 11.3. The number of carbonyl (C=O) groups is 13. The number of carboxylic acids is 6. The van der Waals surface area contributed by atoms with Crippen molar-refractivity contribution in [3.63, 3.8) is 0 Å². The van der Waals surface area contributed by atoms with E-state index in [9.17, 15) is 138 Å². The van der Waals surface area contributed by atoms with E-state index in [0.29, 0.717) is 35.6 Å². The van der Waals surface area contributed by atoms with Crippen molar-refractivity contribution in [3.05, 3.63) is 87.0 Å². The number of hydrogen-bond donors (Lipinski definition) is 16. The number of aliphatic hydroxyl groups excluding tert-OH is 1. The number of carboxylic acid groups (broad SMARTS) is 6. The minimum absolute atomic E-state index is 0.0512. The van der Waals surface area contributed by atoms with Gasteiger partial charge in [0.15, 0.2) is 5.95 Å². The Balaban J connectivity index is 0.00000206. The Morgan fingerprint density at radius 1 is 0.611 bits per heavy atom. The molecule has 0 radical (unpaired) electrons. The number of Topliss-reactive ketones (excluding diaryl/α,β-unsaturated/α-hetero) is 2. The Hall–Kier alpha value is -10.6. The van der Waals surface area contributed by atoms with Gasteiger partial charge in [0, 0.05) is 148 Å². The molecule has 0 bridgehead atoms. The van der Waals surface area contributed by atoms with Crippen LogP contribution in [0.3, 0.4) is 0 Å². The number of hydrogen-bond acceptors (Lipinski definition) is 25. The van der Waals surface area contributed by atoms with Crippen molar-refractivity contribution in [2.45, 2.75) is 120 Å². The number of halogens is 6. The van der Waals surface area contributed by atoms with Gasteiger partial charge < -0.3 is 81.9 Å². The number of benzene rings is 2. The van der Waals surface area contributed by atoms with E-state index in [1.807, 2.05) is 0 Å². The Bertz CT molecular complexity index is 4090. The number of aliphatic hydroxyl groups is 1.